The second-order valence-corrected chi connectivity index (χ2v) is 7.67. The molecule has 2 aliphatic heterocycles. The maximum atomic E-state index is 13.1. The number of benzene rings is 1. The van der Waals surface area contributed by atoms with Gasteiger partial charge in [-0.05, 0) is 31.7 Å². The molecule has 0 saturated carbocycles. The summed E-state index contributed by atoms with van der Waals surface area (Å²) in [6.45, 7) is 5.40. The maximum absolute atomic E-state index is 13.1. The van der Waals surface area contributed by atoms with Crippen LogP contribution in [0.25, 0.3) is 11.0 Å². The van der Waals surface area contributed by atoms with Gasteiger partial charge in [-0.15, -0.1) is 0 Å². The Bertz CT molecular complexity index is 846. The molecule has 2 saturated heterocycles. The molecule has 2 aromatic rings. The van der Waals surface area contributed by atoms with E-state index in [-0.39, 0.29) is 18.6 Å². The van der Waals surface area contributed by atoms with E-state index >= 15 is 0 Å². The Balaban J connectivity index is 1.56. The van der Waals surface area contributed by atoms with E-state index < -0.39 is 0 Å². The highest BCUT2D eigenvalue weighted by Crippen LogP contribution is 2.24. The number of aliphatic hydroxyl groups is 1. The Morgan fingerprint density at radius 1 is 1.21 bits per heavy atom. The van der Waals surface area contributed by atoms with E-state index in [4.69, 9.17) is 9.72 Å². The molecule has 1 atom stereocenters. The van der Waals surface area contributed by atoms with Gasteiger partial charge in [-0.25, -0.2) is 4.98 Å². The molecular formula is C20H29N5O3. The predicted molar refractivity (Wildman–Crippen MR) is 108 cm³/mol. The van der Waals surface area contributed by atoms with Gasteiger partial charge < -0.3 is 24.2 Å². The summed E-state index contributed by atoms with van der Waals surface area (Å²) in [6.07, 6.45) is 0.683. The van der Waals surface area contributed by atoms with Crippen molar-refractivity contribution in [3.8, 4) is 0 Å². The number of hydrogen-bond acceptors (Lipinski definition) is 6. The summed E-state index contributed by atoms with van der Waals surface area (Å²) in [7, 11) is 4.07. The van der Waals surface area contributed by atoms with Gasteiger partial charge in [0, 0.05) is 58.0 Å². The van der Waals surface area contributed by atoms with Gasteiger partial charge in [0.1, 0.15) is 0 Å². The monoisotopic (exact) mass is 387 g/mol. The highest BCUT2D eigenvalue weighted by Gasteiger charge is 2.28. The summed E-state index contributed by atoms with van der Waals surface area (Å²) < 4.78 is 7.52. The van der Waals surface area contributed by atoms with Gasteiger partial charge in [-0.2, -0.15) is 0 Å². The average molecular weight is 387 g/mol. The highest BCUT2D eigenvalue weighted by molar-refractivity contribution is 5.97. The number of fused-ring (bicyclic) bond motifs is 1. The number of rotatable bonds is 4. The zero-order valence-corrected chi connectivity index (χ0v) is 16.7. The van der Waals surface area contributed by atoms with Crippen LogP contribution < -0.4 is 4.90 Å². The van der Waals surface area contributed by atoms with Crippen LogP contribution in [0.5, 0.6) is 0 Å². The van der Waals surface area contributed by atoms with E-state index in [9.17, 15) is 9.90 Å². The minimum absolute atomic E-state index is 0.0384. The molecule has 3 heterocycles. The molecular weight excluding hydrogens is 358 g/mol. The number of likely N-dealkylation sites (N-methyl/N-ethyl adjacent to an activating group) is 1. The van der Waals surface area contributed by atoms with Gasteiger partial charge in [0.15, 0.2) is 0 Å². The molecule has 2 fully saturated rings. The number of hydrogen-bond donors (Lipinski definition) is 1. The molecule has 152 valence electrons. The van der Waals surface area contributed by atoms with Crippen molar-refractivity contribution in [3.63, 3.8) is 0 Å². The number of amides is 1. The summed E-state index contributed by atoms with van der Waals surface area (Å²) in [5, 5.41) is 9.28. The van der Waals surface area contributed by atoms with Crippen LogP contribution in [0.15, 0.2) is 18.2 Å². The first-order valence-electron chi connectivity index (χ1n) is 9.98. The number of ether oxygens (including phenoxy) is 1. The molecule has 0 spiro atoms. The van der Waals surface area contributed by atoms with Crippen LogP contribution in [0, 0.1) is 0 Å². The Morgan fingerprint density at radius 2 is 2.00 bits per heavy atom. The molecule has 8 heteroatoms. The quantitative estimate of drug-likeness (QED) is 0.826. The molecule has 1 aromatic carbocycles. The van der Waals surface area contributed by atoms with E-state index in [0.29, 0.717) is 38.3 Å². The van der Waals surface area contributed by atoms with Crippen LogP contribution >= 0.6 is 0 Å². The summed E-state index contributed by atoms with van der Waals surface area (Å²) in [6, 6.07) is 5.99. The molecule has 1 aromatic heterocycles. The standard InChI is InChI=1S/C20H29N5O3/c1-22-6-7-25(14-16(22)5-10-26)19(27)15-3-4-18-17(13-15)21-20(23(18)2)24-8-11-28-12-9-24/h3-4,13,16,26H,5-12,14H2,1-2H3/t16-/m0/s1. The Hall–Kier alpha value is -2.16. The molecule has 8 nitrogen and oxygen atoms in total. The summed E-state index contributed by atoms with van der Waals surface area (Å²) >= 11 is 0. The molecule has 2 aliphatic rings. The molecule has 1 amide bonds. The number of morpholine rings is 1. The molecule has 28 heavy (non-hydrogen) atoms. The summed E-state index contributed by atoms with van der Waals surface area (Å²) in [5.41, 5.74) is 2.54. The third-order valence-electron chi connectivity index (χ3n) is 5.92. The number of anilines is 1. The molecule has 4 rings (SSSR count). The van der Waals surface area contributed by atoms with Crippen LogP contribution in [0.3, 0.4) is 0 Å². The van der Waals surface area contributed by atoms with E-state index in [1.165, 1.54) is 0 Å². The van der Waals surface area contributed by atoms with Crippen LogP contribution in [-0.2, 0) is 11.8 Å². The third kappa shape index (κ3) is 3.59. The first kappa shape index (κ1) is 19.2. The topological polar surface area (TPSA) is 74.1 Å². The van der Waals surface area contributed by atoms with Crippen molar-refractivity contribution < 1.29 is 14.6 Å². The lowest BCUT2D eigenvalue weighted by Crippen LogP contribution is -2.53. The molecule has 0 aliphatic carbocycles. The van der Waals surface area contributed by atoms with Crippen LogP contribution in [0.4, 0.5) is 5.95 Å². The number of imidazole rings is 1. The zero-order chi connectivity index (χ0) is 19.7. The van der Waals surface area contributed by atoms with Crippen LogP contribution in [-0.4, -0.2) is 96.0 Å². The van der Waals surface area contributed by atoms with Crippen LogP contribution in [0.1, 0.15) is 16.8 Å². The van der Waals surface area contributed by atoms with E-state index in [0.717, 1.165) is 36.6 Å². The first-order chi connectivity index (χ1) is 13.6. The van der Waals surface area contributed by atoms with Gasteiger partial charge in [-0.3, -0.25) is 9.69 Å². The Labute approximate surface area is 165 Å². The number of aliphatic hydroxyl groups excluding tert-OH is 1. The van der Waals surface area contributed by atoms with Crippen molar-refractivity contribution in [2.75, 3.05) is 64.5 Å². The van der Waals surface area contributed by atoms with Crippen molar-refractivity contribution in [3.05, 3.63) is 23.8 Å². The number of carbonyl (C=O) groups is 1. The van der Waals surface area contributed by atoms with Gasteiger partial charge in [-0.1, -0.05) is 0 Å². The fourth-order valence-electron chi connectivity index (χ4n) is 4.14. The Morgan fingerprint density at radius 3 is 2.75 bits per heavy atom. The van der Waals surface area contributed by atoms with Crippen molar-refractivity contribution >= 4 is 22.9 Å². The Kier molecular flexibility index (Phi) is 5.52. The maximum Gasteiger partial charge on any atom is 0.254 e. The van der Waals surface area contributed by atoms with E-state index in [1.54, 1.807) is 0 Å². The van der Waals surface area contributed by atoms with Gasteiger partial charge >= 0.3 is 0 Å². The summed E-state index contributed by atoms with van der Waals surface area (Å²) in [4.78, 5) is 24.2. The third-order valence-corrected chi connectivity index (χ3v) is 5.92. The van der Waals surface area contributed by atoms with E-state index in [2.05, 4.69) is 21.4 Å². The molecule has 0 unspecified atom stereocenters. The zero-order valence-electron chi connectivity index (χ0n) is 16.7. The number of aromatic nitrogens is 2. The lowest BCUT2D eigenvalue weighted by Gasteiger charge is -2.39. The molecule has 0 radical (unpaired) electrons. The van der Waals surface area contributed by atoms with E-state index in [1.807, 2.05) is 30.1 Å². The highest BCUT2D eigenvalue weighted by atomic mass is 16.5. The second-order valence-electron chi connectivity index (χ2n) is 7.67. The minimum atomic E-state index is 0.0384. The number of carbonyl (C=O) groups excluding carboxylic acids is 1. The van der Waals surface area contributed by atoms with Crippen molar-refractivity contribution in [2.24, 2.45) is 7.05 Å². The average Bonchev–Trinajstić information content (AvgIpc) is 3.06. The second kappa shape index (κ2) is 8.06. The van der Waals surface area contributed by atoms with Gasteiger partial charge in [0.05, 0.1) is 24.2 Å². The fourth-order valence-corrected chi connectivity index (χ4v) is 4.14. The van der Waals surface area contributed by atoms with Gasteiger partial charge in [0.2, 0.25) is 5.95 Å². The first-order valence-corrected chi connectivity index (χ1v) is 9.98. The van der Waals surface area contributed by atoms with Crippen molar-refractivity contribution in [1.82, 2.24) is 19.4 Å². The number of aryl methyl sites for hydroxylation is 1. The smallest absolute Gasteiger partial charge is 0.254 e. The predicted octanol–water partition coefficient (Wildman–Crippen LogP) is 0.549. The number of nitrogens with zero attached hydrogens (tertiary/aromatic N) is 5. The normalized spacial score (nSPS) is 21.5. The lowest BCUT2D eigenvalue weighted by molar-refractivity contribution is 0.0501. The minimum Gasteiger partial charge on any atom is -0.396 e. The van der Waals surface area contributed by atoms with Gasteiger partial charge in [0.25, 0.3) is 5.91 Å². The largest absolute Gasteiger partial charge is 0.396 e. The fraction of sp³-hybridized carbons (Fsp3) is 0.600. The van der Waals surface area contributed by atoms with Crippen molar-refractivity contribution in [1.29, 1.82) is 0 Å². The molecule has 1 N–H and O–H groups in total. The lowest BCUT2D eigenvalue weighted by atomic mass is 10.1. The van der Waals surface area contributed by atoms with Crippen molar-refractivity contribution in [2.45, 2.75) is 12.5 Å². The molecule has 0 bridgehead atoms. The number of piperazine rings is 1. The summed E-state index contributed by atoms with van der Waals surface area (Å²) in [5.74, 6) is 0.960. The van der Waals surface area contributed by atoms with Crippen LogP contribution in [0.2, 0.25) is 0 Å². The SMILES string of the molecule is CN1CCN(C(=O)c2ccc3c(c2)nc(N2CCOCC2)n3C)C[C@@H]1CCO.